The molecule has 13 nitrogen and oxygen atoms in total. The van der Waals surface area contributed by atoms with Crippen molar-refractivity contribution in [2.45, 2.75) is 13.8 Å². The van der Waals surface area contributed by atoms with Crippen LogP contribution < -0.4 is 21.6 Å². The maximum absolute atomic E-state index is 12.6. The lowest BCUT2D eigenvalue weighted by atomic mass is 10.1. The first-order chi connectivity index (χ1) is 13.9. The number of primary amides is 1. The van der Waals surface area contributed by atoms with Crippen molar-refractivity contribution in [2.24, 2.45) is 10.8 Å². The van der Waals surface area contributed by atoms with Crippen LogP contribution in [0.25, 0.3) is 5.82 Å². The monoisotopic (exact) mass is 399 g/mol. The minimum atomic E-state index is -0.573. The van der Waals surface area contributed by atoms with Gasteiger partial charge in [-0.1, -0.05) is 5.21 Å². The average Bonchev–Trinajstić information content (AvgIpc) is 3.29. The van der Waals surface area contributed by atoms with Crippen molar-refractivity contribution in [3.63, 3.8) is 0 Å². The smallest absolute Gasteiger partial charge is 0.292 e. The molecule has 0 bridgehead atoms. The summed E-state index contributed by atoms with van der Waals surface area (Å²) in [6.45, 7) is 3.10. The fourth-order valence-electron chi connectivity index (χ4n) is 2.30. The van der Waals surface area contributed by atoms with Crippen LogP contribution >= 0.6 is 0 Å². The van der Waals surface area contributed by atoms with Crippen LogP contribution in [0.3, 0.4) is 0 Å². The van der Waals surface area contributed by atoms with Crippen molar-refractivity contribution in [3.05, 3.63) is 41.2 Å². The summed E-state index contributed by atoms with van der Waals surface area (Å²) in [5.74, 6) is -0.656. The van der Waals surface area contributed by atoms with Crippen LogP contribution in [0.15, 0.2) is 34.0 Å². The molecule has 0 fully saturated rings. The van der Waals surface area contributed by atoms with Crippen molar-refractivity contribution < 1.29 is 19.0 Å². The number of amides is 2. The Balaban J connectivity index is 1.73. The molecule has 3 rings (SSSR count). The molecular weight excluding hydrogens is 382 g/mol. The Bertz CT molecular complexity index is 1070. The Labute approximate surface area is 163 Å². The highest BCUT2D eigenvalue weighted by Crippen LogP contribution is 2.15. The van der Waals surface area contributed by atoms with E-state index in [0.29, 0.717) is 17.2 Å². The van der Waals surface area contributed by atoms with E-state index in [-0.39, 0.29) is 23.9 Å². The molecule has 0 saturated heterocycles. The van der Waals surface area contributed by atoms with Crippen LogP contribution in [-0.4, -0.2) is 49.4 Å². The number of nitrogens with one attached hydrogen (secondary N) is 1. The number of rotatable bonds is 7. The van der Waals surface area contributed by atoms with Crippen molar-refractivity contribution in [3.8, 4) is 11.6 Å². The summed E-state index contributed by atoms with van der Waals surface area (Å²) in [5.41, 5.74) is 14.8. The molecule has 13 heteroatoms. The maximum Gasteiger partial charge on any atom is 0.292 e. The highest BCUT2D eigenvalue weighted by Gasteiger charge is 2.22. The summed E-state index contributed by atoms with van der Waals surface area (Å²) in [6.07, 6.45) is 0. The van der Waals surface area contributed by atoms with E-state index in [4.69, 9.17) is 16.2 Å². The van der Waals surface area contributed by atoms with E-state index in [9.17, 15) is 9.59 Å². The molecule has 3 aromatic rings. The van der Waals surface area contributed by atoms with Gasteiger partial charge >= 0.3 is 0 Å². The van der Waals surface area contributed by atoms with E-state index in [1.807, 2.05) is 0 Å². The predicted molar refractivity (Wildman–Crippen MR) is 99.2 cm³/mol. The average molecular weight is 399 g/mol. The number of aromatic nitrogens is 5. The first-order valence-electron chi connectivity index (χ1n) is 8.23. The van der Waals surface area contributed by atoms with Crippen molar-refractivity contribution in [1.82, 2.24) is 30.7 Å². The summed E-state index contributed by atoms with van der Waals surface area (Å²) in [7, 11) is 0. The number of benzene rings is 1. The van der Waals surface area contributed by atoms with Crippen molar-refractivity contribution >= 4 is 23.3 Å². The van der Waals surface area contributed by atoms with Crippen molar-refractivity contribution in [2.75, 3.05) is 12.3 Å². The van der Waals surface area contributed by atoms with Gasteiger partial charge in [0.2, 0.25) is 11.6 Å². The highest BCUT2D eigenvalue weighted by molar-refractivity contribution is 6.00. The van der Waals surface area contributed by atoms with Crippen LogP contribution in [0.1, 0.15) is 28.7 Å². The molecule has 150 valence electrons. The molecule has 0 unspecified atom stereocenters. The summed E-state index contributed by atoms with van der Waals surface area (Å²) in [4.78, 5) is 23.3. The standard InChI is InChI=1S/C16H17N9O4/c1-8(10-3-5-11(6-4-10)28-7-12(17)26)19-21-16(27)13-9(2)20-24-25(13)15-14(18)22-29-23-15/h3-6H,7H2,1-2H3,(H2,17,26)(H2,18,22)(H,21,27)/b19-8-. The van der Waals surface area contributed by atoms with Crippen LogP contribution in [0.4, 0.5) is 5.82 Å². The van der Waals surface area contributed by atoms with Gasteiger partial charge in [-0.2, -0.15) is 9.78 Å². The van der Waals surface area contributed by atoms with Crippen LogP contribution in [0, 0.1) is 6.92 Å². The molecule has 0 aliphatic heterocycles. The van der Waals surface area contributed by atoms with Crippen molar-refractivity contribution in [1.29, 1.82) is 0 Å². The van der Waals surface area contributed by atoms with Gasteiger partial charge in [-0.25, -0.2) is 10.1 Å². The molecule has 0 aliphatic rings. The Morgan fingerprint density at radius 1 is 1.28 bits per heavy atom. The van der Waals surface area contributed by atoms with E-state index in [0.717, 1.165) is 10.2 Å². The topological polar surface area (TPSA) is 189 Å². The number of hydrogen-bond acceptors (Lipinski definition) is 10. The molecule has 2 amide bonds. The lowest BCUT2D eigenvalue weighted by molar-refractivity contribution is -0.119. The van der Waals surface area contributed by atoms with Gasteiger partial charge in [0, 0.05) is 0 Å². The summed E-state index contributed by atoms with van der Waals surface area (Å²) < 4.78 is 10.8. The molecular formula is C16H17N9O4. The van der Waals surface area contributed by atoms with Gasteiger partial charge in [0.25, 0.3) is 11.8 Å². The third-order valence-corrected chi connectivity index (χ3v) is 3.73. The van der Waals surface area contributed by atoms with E-state index >= 15 is 0 Å². The summed E-state index contributed by atoms with van der Waals surface area (Å²) in [6, 6.07) is 6.76. The number of ether oxygens (including phenoxy) is 1. The maximum atomic E-state index is 12.6. The Morgan fingerprint density at radius 3 is 2.62 bits per heavy atom. The fourth-order valence-corrected chi connectivity index (χ4v) is 2.30. The zero-order valence-electron chi connectivity index (χ0n) is 15.5. The van der Waals surface area contributed by atoms with Gasteiger partial charge in [0.15, 0.2) is 12.3 Å². The van der Waals surface area contributed by atoms with Gasteiger partial charge in [0.05, 0.1) is 11.4 Å². The van der Waals surface area contributed by atoms with E-state index in [1.54, 1.807) is 38.1 Å². The molecule has 5 N–H and O–H groups in total. The SMILES string of the molecule is C/C(=N/NC(=O)c1c(C)nnn1-c1nonc1N)c1ccc(OCC(N)=O)cc1. The second-order valence-electron chi connectivity index (χ2n) is 5.83. The number of aryl methyl sites for hydroxylation is 1. The quantitative estimate of drug-likeness (QED) is 0.349. The third kappa shape index (κ3) is 4.35. The molecule has 0 saturated carbocycles. The number of carbonyl (C=O) groups is 2. The molecule has 1 aromatic carbocycles. The summed E-state index contributed by atoms with van der Waals surface area (Å²) in [5, 5.41) is 18.8. The molecule has 0 spiro atoms. The molecule has 0 aliphatic carbocycles. The lowest BCUT2D eigenvalue weighted by Crippen LogP contribution is -2.24. The second kappa shape index (κ2) is 8.16. The van der Waals surface area contributed by atoms with E-state index < -0.39 is 11.8 Å². The largest absolute Gasteiger partial charge is 0.484 e. The molecule has 2 aromatic heterocycles. The first-order valence-corrected chi connectivity index (χ1v) is 8.23. The van der Waals surface area contributed by atoms with Crippen LogP contribution in [0.2, 0.25) is 0 Å². The highest BCUT2D eigenvalue weighted by atomic mass is 16.6. The number of nitrogens with two attached hydrogens (primary N) is 2. The first kappa shape index (κ1) is 19.5. The lowest BCUT2D eigenvalue weighted by Gasteiger charge is -2.06. The zero-order valence-corrected chi connectivity index (χ0v) is 15.5. The number of hydrogen-bond donors (Lipinski definition) is 3. The number of nitrogens with zero attached hydrogens (tertiary/aromatic N) is 6. The Hall–Kier alpha value is -4.29. The minimum Gasteiger partial charge on any atom is -0.484 e. The van der Waals surface area contributed by atoms with Gasteiger partial charge in [-0.05, 0) is 54.0 Å². The van der Waals surface area contributed by atoms with Gasteiger partial charge in [0.1, 0.15) is 5.75 Å². The predicted octanol–water partition coefficient (Wildman–Crippen LogP) is -0.441. The Kier molecular flexibility index (Phi) is 5.48. The summed E-state index contributed by atoms with van der Waals surface area (Å²) >= 11 is 0. The Morgan fingerprint density at radius 2 is 2.00 bits per heavy atom. The van der Waals surface area contributed by atoms with Gasteiger partial charge in [-0.3, -0.25) is 9.59 Å². The number of hydrazone groups is 1. The van der Waals surface area contributed by atoms with Gasteiger partial charge in [-0.15, -0.1) is 5.10 Å². The van der Waals surface area contributed by atoms with E-state index in [2.05, 4.69) is 35.8 Å². The zero-order chi connectivity index (χ0) is 21.0. The van der Waals surface area contributed by atoms with E-state index in [1.165, 1.54) is 0 Å². The minimum absolute atomic E-state index is 0.0396. The molecule has 0 radical (unpaired) electrons. The second-order valence-corrected chi connectivity index (χ2v) is 5.83. The number of nitrogen functional groups attached to an aromatic ring is 1. The number of anilines is 1. The van der Waals surface area contributed by atoms with Gasteiger partial charge < -0.3 is 16.2 Å². The normalized spacial score (nSPS) is 11.3. The number of carbonyl (C=O) groups excluding carboxylic acids is 2. The molecule has 0 atom stereocenters. The van der Waals surface area contributed by atoms with Crippen LogP contribution in [-0.2, 0) is 4.79 Å². The molecule has 2 heterocycles. The van der Waals surface area contributed by atoms with Crippen LogP contribution in [0.5, 0.6) is 5.75 Å². The fraction of sp³-hybridized carbons (Fsp3) is 0.188. The molecule has 29 heavy (non-hydrogen) atoms. The third-order valence-electron chi connectivity index (χ3n) is 3.73.